The molecule has 2 unspecified atom stereocenters. The Hall–Kier alpha value is -1.49. The summed E-state index contributed by atoms with van der Waals surface area (Å²) < 4.78 is 10.8. The number of pyridine rings is 1. The lowest BCUT2D eigenvalue weighted by molar-refractivity contribution is -0.00548. The van der Waals surface area contributed by atoms with Crippen molar-refractivity contribution in [3.8, 4) is 5.88 Å². The van der Waals surface area contributed by atoms with Crippen LogP contribution in [0.3, 0.4) is 0 Å². The predicted molar refractivity (Wildman–Crippen MR) is 67.4 cm³/mol. The van der Waals surface area contributed by atoms with Gasteiger partial charge in [0.2, 0.25) is 5.88 Å². The molecule has 1 aliphatic heterocycles. The van der Waals surface area contributed by atoms with Gasteiger partial charge in [-0.1, -0.05) is 0 Å². The molecule has 1 aromatic rings. The molecular weight excluding hydrogens is 218 g/mol. The number of nitrogens with zero attached hydrogens (tertiary/aromatic N) is 2. The minimum atomic E-state index is 0.212. The van der Waals surface area contributed by atoms with Crippen LogP contribution in [0.4, 0.5) is 11.5 Å². The normalized spacial score (nSPS) is 24.8. The van der Waals surface area contributed by atoms with Crippen molar-refractivity contribution in [2.45, 2.75) is 26.1 Å². The van der Waals surface area contributed by atoms with Crippen molar-refractivity contribution in [3.63, 3.8) is 0 Å². The van der Waals surface area contributed by atoms with Crippen molar-refractivity contribution in [3.05, 3.63) is 12.1 Å². The van der Waals surface area contributed by atoms with E-state index in [-0.39, 0.29) is 12.2 Å². The van der Waals surface area contributed by atoms with E-state index in [4.69, 9.17) is 15.2 Å². The van der Waals surface area contributed by atoms with E-state index >= 15 is 0 Å². The number of methoxy groups -OCH3 is 1. The first-order valence-electron chi connectivity index (χ1n) is 5.81. The highest BCUT2D eigenvalue weighted by molar-refractivity contribution is 5.54. The maximum Gasteiger partial charge on any atom is 0.238 e. The van der Waals surface area contributed by atoms with E-state index in [9.17, 15) is 0 Å². The molecule has 1 aliphatic rings. The highest BCUT2D eigenvalue weighted by Gasteiger charge is 2.23. The van der Waals surface area contributed by atoms with E-state index in [2.05, 4.69) is 23.7 Å². The Morgan fingerprint density at radius 3 is 2.59 bits per heavy atom. The van der Waals surface area contributed by atoms with Crippen LogP contribution in [0.15, 0.2) is 12.1 Å². The average Bonchev–Trinajstić information content (AvgIpc) is 2.28. The van der Waals surface area contributed by atoms with Gasteiger partial charge >= 0.3 is 0 Å². The Balaban J connectivity index is 2.21. The number of hydrogen-bond donors (Lipinski definition) is 1. The maximum absolute atomic E-state index is 5.75. The molecule has 2 heterocycles. The zero-order chi connectivity index (χ0) is 12.4. The van der Waals surface area contributed by atoms with Crippen LogP contribution in [0.5, 0.6) is 5.88 Å². The van der Waals surface area contributed by atoms with Crippen LogP contribution in [-0.4, -0.2) is 37.4 Å². The van der Waals surface area contributed by atoms with Crippen LogP contribution < -0.4 is 15.4 Å². The number of hydrogen-bond acceptors (Lipinski definition) is 5. The van der Waals surface area contributed by atoms with E-state index in [0.717, 1.165) is 18.9 Å². The molecule has 0 bridgehead atoms. The van der Waals surface area contributed by atoms with E-state index < -0.39 is 0 Å². The van der Waals surface area contributed by atoms with Crippen molar-refractivity contribution in [1.82, 2.24) is 4.98 Å². The van der Waals surface area contributed by atoms with Gasteiger partial charge in [0.1, 0.15) is 5.82 Å². The average molecular weight is 237 g/mol. The van der Waals surface area contributed by atoms with Gasteiger partial charge in [0.05, 0.1) is 25.0 Å². The zero-order valence-electron chi connectivity index (χ0n) is 10.5. The highest BCUT2D eigenvalue weighted by Crippen LogP contribution is 2.24. The van der Waals surface area contributed by atoms with Crippen LogP contribution in [0.25, 0.3) is 0 Å². The lowest BCUT2D eigenvalue weighted by Crippen LogP contribution is -2.45. The van der Waals surface area contributed by atoms with Gasteiger partial charge < -0.3 is 20.1 Å². The molecule has 0 saturated carbocycles. The fourth-order valence-electron chi connectivity index (χ4n) is 2.15. The Morgan fingerprint density at radius 1 is 1.35 bits per heavy atom. The third kappa shape index (κ3) is 2.61. The van der Waals surface area contributed by atoms with Gasteiger partial charge in [-0.25, -0.2) is 0 Å². The van der Waals surface area contributed by atoms with Gasteiger partial charge in [-0.2, -0.15) is 4.98 Å². The van der Waals surface area contributed by atoms with Crippen LogP contribution >= 0.6 is 0 Å². The third-order valence-corrected chi connectivity index (χ3v) is 2.81. The predicted octanol–water partition coefficient (Wildman–Crippen LogP) is 1.29. The SMILES string of the molecule is COc1nc(N2CC(C)OC(C)C2)ccc1N. The summed E-state index contributed by atoms with van der Waals surface area (Å²) in [7, 11) is 1.58. The second-order valence-corrected chi connectivity index (χ2v) is 4.43. The first-order chi connectivity index (χ1) is 8.10. The van der Waals surface area contributed by atoms with Gasteiger partial charge in [0.15, 0.2) is 0 Å². The molecule has 1 aromatic heterocycles. The molecular formula is C12H19N3O2. The van der Waals surface area contributed by atoms with Gasteiger partial charge in [0.25, 0.3) is 0 Å². The molecule has 1 fully saturated rings. The molecule has 0 amide bonds. The monoisotopic (exact) mass is 237 g/mol. The smallest absolute Gasteiger partial charge is 0.238 e. The molecule has 0 spiro atoms. The summed E-state index contributed by atoms with van der Waals surface area (Å²) >= 11 is 0. The number of aromatic nitrogens is 1. The van der Waals surface area contributed by atoms with Crippen molar-refractivity contribution in [2.75, 3.05) is 30.8 Å². The minimum Gasteiger partial charge on any atom is -0.479 e. The lowest BCUT2D eigenvalue weighted by atomic mass is 10.2. The molecule has 2 N–H and O–H groups in total. The van der Waals surface area contributed by atoms with Crippen molar-refractivity contribution >= 4 is 11.5 Å². The lowest BCUT2D eigenvalue weighted by Gasteiger charge is -2.36. The Morgan fingerprint density at radius 2 is 2.00 bits per heavy atom. The number of morpholine rings is 1. The van der Waals surface area contributed by atoms with Crippen molar-refractivity contribution in [2.24, 2.45) is 0 Å². The number of ether oxygens (including phenoxy) is 2. The first-order valence-corrected chi connectivity index (χ1v) is 5.81. The fourth-order valence-corrected chi connectivity index (χ4v) is 2.15. The second-order valence-electron chi connectivity index (χ2n) is 4.43. The fraction of sp³-hybridized carbons (Fsp3) is 0.583. The van der Waals surface area contributed by atoms with E-state index in [1.54, 1.807) is 7.11 Å². The quantitative estimate of drug-likeness (QED) is 0.839. The molecule has 5 heteroatoms. The van der Waals surface area contributed by atoms with Crippen LogP contribution in [0.2, 0.25) is 0 Å². The largest absolute Gasteiger partial charge is 0.479 e. The zero-order valence-corrected chi connectivity index (χ0v) is 10.5. The molecule has 0 radical (unpaired) electrons. The molecule has 2 rings (SSSR count). The van der Waals surface area contributed by atoms with Gasteiger partial charge in [-0.15, -0.1) is 0 Å². The van der Waals surface area contributed by atoms with E-state index in [1.165, 1.54) is 0 Å². The molecule has 17 heavy (non-hydrogen) atoms. The van der Waals surface area contributed by atoms with Crippen molar-refractivity contribution < 1.29 is 9.47 Å². The Kier molecular flexibility index (Phi) is 3.38. The van der Waals surface area contributed by atoms with Gasteiger partial charge in [-0.3, -0.25) is 0 Å². The van der Waals surface area contributed by atoms with E-state index in [1.807, 2.05) is 12.1 Å². The summed E-state index contributed by atoms with van der Waals surface area (Å²) in [4.78, 5) is 6.60. The van der Waals surface area contributed by atoms with Gasteiger partial charge in [-0.05, 0) is 26.0 Å². The molecule has 0 aromatic carbocycles. The number of nitrogens with two attached hydrogens (primary N) is 1. The number of nitrogen functional groups attached to an aromatic ring is 1. The van der Waals surface area contributed by atoms with Crippen LogP contribution in [0, 0.1) is 0 Å². The number of rotatable bonds is 2. The summed E-state index contributed by atoms with van der Waals surface area (Å²) in [5.74, 6) is 1.37. The molecule has 2 atom stereocenters. The molecule has 1 saturated heterocycles. The summed E-state index contributed by atoms with van der Waals surface area (Å²) in [5, 5.41) is 0. The topological polar surface area (TPSA) is 60.6 Å². The Bertz CT molecular complexity index is 387. The number of anilines is 2. The summed E-state index contributed by atoms with van der Waals surface area (Å²) in [5.41, 5.74) is 6.31. The van der Waals surface area contributed by atoms with Crippen molar-refractivity contribution in [1.29, 1.82) is 0 Å². The standard InChI is InChI=1S/C12H19N3O2/c1-8-6-15(7-9(2)17-8)11-5-4-10(13)12(14-11)16-3/h4-5,8-9H,6-7,13H2,1-3H3. The molecule has 5 nitrogen and oxygen atoms in total. The first kappa shape index (κ1) is 12.0. The van der Waals surface area contributed by atoms with Crippen LogP contribution in [0.1, 0.15) is 13.8 Å². The third-order valence-electron chi connectivity index (χ3n) is 2.81. The summed E-state index contributed by atoms with van der Waals surface area (Å²) in [6.45, 7) is 5.81. The Labute approximate surface area is 102 Å². The van der Waals surface area contributed by atoms with E-state index in [0.29, 0.717) is 11.6 Å². The maximum atomic E-state index is 5.75. The van der Waals surface area contributed by atoms with Crippen LogP contribution in [-0.2, 0) is 4.74 Å². The minimum absolute atomic E-state index is 0.212. The second kappa shape index (κ2) is 4.79. The highest BCUT2D eigenvalue weighted by atomic mass is 16.5. The summed E-state index contributed by atoms with van der Waals surface area (Å²) in [6, 6.07) is 3.74. The summed E-state index contributed by atoms with van der Waals surface area (Å²) in [6.07, 6.45) is 0.424. The van der Waals surface area contributed by atoms with Gasteiger partial charge in [0, 0.05) is 13.1 Å². The molecule has 0 aliphatic carbocycles. The molecule has 94 valence electrons.